The van der Waals surface area contributed by atoms with Crippen LogP contribution in [0.4, 0.5) is 0 Å². The van der Waals surface area contributed by atoms with Crippen LogP contribution < -0.4 is 19.8 Å². The lowest BCUT2D eigenvalue weighted by atomic mass is 10.0. The number of rotatable bonds is 5. The highest BCUT2D eigenvalue weighted by Gasteiger charge is 2.22. The Labute approximate surface area is 211 Å². The van der Waals surface area contributed by atoms with Crippen molar-refractivity contribution >= 4 is 28.7 Å². The molecule has 2 aromatic carbocycles. The minimum Gasteiger partial charge on any atom is -0.493 e. The number of benzene rings is 2. The van der Waals surface area contributed by atoms with Gasteiger partial charge in [0, 0.05) is 13.6 Å². The molecule has 0 atom stereocenters. The molecule has 0 spiro atoms. The molecule has 5 rings (SSSR count). The molecule has 0 amide bonds. The molecule has 0 bridgehead atoms. The van der Waals surface area contributed by atoms with Crippen molar-refractivity contribution in [3.05, 3.63) is 75.5 Å². The number of ether oxygens (including phenoxy) is 3. The van der Waals surface area contributed by atoms with Crippen LogP contribution in [0, 0.1) is 11.3 Å². The summed E-state index contributed by atoms with van der Waals surface area (Å²) in [6.45, 7) is 0.584. The molecular formula is C27H23N5O5. The Morgan fingerprint density at radius 3 is 2.49 bits per heavy atom. The number of hydrogen-bond donors (Lipinski definition) is 0. The monoisotopic (exact) mass is 497 g/mol. The quantitative estimate of drug-likeness (QED) is 0.303. The van der Waals surface area contributed by atoms with E-state index in [0.717, 1.165) is 24.0 Å². The van der Waals surface area contributed by atoms with Crippen molar-refractivity contribution in [2.24, 2.45) is 7.05 Å². The molecule has 0 saturated heterocycles. The van der Waals surface area contributed by atoms with Crippen LogP contribution in [0.15, 0.2) is 47.4 Å². The Morgan fingerprint density at radius 1 is 1.14 bits per heavy atom. The number of fused-ring (bicyclic) bond motifs is 2. The molecule has 0 saturated carbocycles. The number of nitriles is 1. The second-order valence-electron chi connectivity index (χ2n) is 8.50. The third kappa shape index (κ3) is 4.31. The minimum atomic E-state index is -0.614. The first-order valence-corrected chi connectivity index (χ1v) is 11.6. The lowest BCUT2D eigenvalue weighted by Gasteiger charge is -2.20. The zero-order valence-electron chi connectivity index (χ0n) is 20.5. The van der Waals surface area contributed by atoms with Crippen molar-refractivity contribution in [2.45, 2.75) is 19.4 Å². The van der Waals surface area contributed by atoms with Gasteiger partial charge in [0.2, 0.25) is 5.75 Å². The van der Waals surface area contributed by atoms with Gasteiger partial charge in [0.15, 0.2) is 17.1 Å². The van der Waals surface area contributed by atoms with Gasteiger partial charge in [-0.1, -0.05) is 0 Å². The maximum atomic E-state index is 13.0. The molecule has 10 heteroatoms. The molecule has 0 aliphatic carbocycles. The molecule has 2 aromatic heterocycles. The highest BCUT2D eigenvalue weighted by molar-refractivity contribution is 5.92. The zero-order chi connectivity index (χ0) is 26.1. The SMILES string of the molecule is COc1cc(/C=C2\CCCn3c2nc2c(cnn2C)c3=O)cc(OC)c1OC(=O)c1ccc(C#N)cc1. The maximum Gasteiger partial charge on any atom is 0.343 e. The number of carbonyl (C=O) groups excluding carboxylic acids is 1. The van der Waals surface area contributed by atoms with Crippen LogP contribution in [0.2, 0.25) is 0 Å². The van der Waals surface area contributed by atoms with E-state index >= 15 is 0 Å². The second-order valence-corrected chi connectivity index (χ2v) is 8.50. The molecule has 4 aromatic rings. The molecule has 0 unspecified atom stereocenters. The Hall–Kier alpha value is -4.91. The number of aromatic nitrogens is 4. The second kappa shape index (κ2) is 9.62. The van der Waals surface area contributed by atoms with E-state index in [9.17, 15) is 9.59 Å². The fourth-order valence-electron chi connectivity index (χ4n) is 4.36. The number of aryl methyl sites for hydroxylation is 1. The lowest BCUT2D eigenvalue weighted by molar-refractivity contribution is 0.0724. The number of esters is 1. The van der Waals surface area contributed by atoms with E-state index in [-0.39, 0.29) is 16.9 Å². The smallest absolute Gasteiger partial charge is 0.343 e. The van der Waals surface area contributed by atoms with Crippen molar-refractivity contribution in [3.63, 3.8) is 0 Å². The summed E-state index contributed by atoms with van der Waals surface area (Å²) in [5.74, 6) is 0.725. The highest BCUT2D eigenvalue weighted by atomic mass is 16.6. The van der Waals surface area contributed by atoms with Gasteiger partial charge >= 0.3 is 5.97 Å². The van der Waals surface area contributed by atoms with Crippen molar-refractivity contribution < 1.29 is 19.0 Å². The van der Waals surface area contributed by atoms with E-state index in [1.54, 1.807) is 46.8 Å². The third-order valence-electron chi connectivity index (χ3n) is 6.23. The Morgan fingerprint density at radius 2 is 1.84 bits per heavy atom. The first-order chi connectivity index (χ1) is 17.9. The van der Waals surface area contributed by atoms with Crippen LogP contribution in [0.5, 0.6) is 17.2 Å². The first kappa shape index (κ1) is 23.8. The van der Waals surface area contributed by atoms with Crippen LogP contribution in [0.3, 0.4) is 0 Å². The Kier molecular flexibility index (Phi) is 6.19. The van der Waals surface area contributed by atoms with Crippen molar-refractivity contribution in [1.82, 2.24) is 19.3 Å². The lowest BCUT2D eigenvalue weighted by Crippen LogP contribution is -2.27. The Balaban J connectivity index is 1.53. The van der Waals surface area contributed by atoms with Crippen molar-refractivity contribution in [1.29, 1.82) is 5.26 Å². The normalized spacial score (nSPS) is 13.7. The summed E-state index contributed by atoms with van der Waals surface area (Å²) in [4.78, 5) is 30.5. The molecule has 186 valence electrons. The van der Waals surface area contributed by atoms with Gasteiger partial charge in [0.1, 0.15) is 11.2 Å². The van der Waals surface area contributed by atoms with E-state index in [1.807, 2.05) is 12.1 Å². The predicted octanol–water partition coefficient (Wildman–Crippen LogP) is 3.57. The fourth-order valence-corrected chi connectivity index (χ4v) is 4.36. The predicted molar refractivity (Wildman–Crippen MR) is 136 cm³/mol. The van der Waals surface area contributed by atoms with Gasteiger partial charge in [-0.2, -0.15) is 10.4 Å². The van der Waals surface area contributed by atoms with E-state index in [2.05, 4.69) is 5.10 Å². The van der Waals surface area contributed by atoms with Crippen molar-refractivity contribution in [2.75, 3.05) is 14.2 Å². The molecule has 0 N–H and O–H groups in total. The number of hydrogen-bond acceptors (Lipinski definition) is 8. The molecule has 0 fully saturated rings. The first-order valence-electron chi connectivity index (χ1n) is 11.6. The largest absolute Gasteiger partial charge is 0.493 e. The third-order valence-corrected chi connectivity index (χ3v) is 6.23. The van der Waals surface area contributed by atoms with Gasteiger partial charge in [0.25, 0.3) is 5.56 Å². The molecule has 1 aliphatic heterocycles. The molecule has 3 heterocycles. The number of carbonyl (C=O) groups is 1. The van der Waals surface area contributed by atoms with E-state index in [4.69, 9.17) is 24.5 Å². The summed E-state index contributed by atoms with van der Waals surface area (Å²) in [6.07, 6.45) is 5.00. The molecular weight excluding hydrogens is 474 g/mol. The average Bonchev–Trinajstić information content (AvgIpc) is 3.30. The summed E-state index contributed by atoms with van der Waals surface area (Å²) in [7, 11) is 4.70. The van der Waals surface area contributed by atoms with Gasteiger partial charge in [-0.25, -0.2) is 9.78 Å². The minimum absolute atomic E-state index is 0.112. The maximum absolute atomic E-state index is 13.0. The van der Waals surface area contributed by atoms with E-state index in [1.165, 1.54) is 26.4 Å². The standard InChI is InChI=1S/C27H23N5O5/c1-31-25-20(15-29-31)26(33)32-10-4-5-19(24(32)30-25)11-17-12-21(35-2)23(22(13-17)36-3)37-27(34)18-8-6-16(14-28)7-9-18/h6-9,11-13,15H,4-5,10H2,1-3H3/b19-11+. The van der Waals surface area contributed by atoms with Gasteiger partial charge in [-0.05, 0) is 66.5 Å². The van der Waals surface area contributed by atoms with Gasteiger partial charge in [-0.15, -0.1) is 0 Å². The van der Waals surface area contributed by atoms with Crippen LogP contribution in [-0.4, -0.2) is 39.5 Å². The van der Waals surface area contributed by atoms with Crippen LogP contribution in [0.1, 0.15) is 40.2 Å². The van der Waals surface area contributed by atoms with E-state index < -0.39 is 5.97 Å². The summed E-state index contributed by atoms with van der Waals surface area (Å²) < 4.78 is 20.0. The topological polar surface area (TPSA) is 121 Å². The van der Waals surface area contributed by atoms with Crippen molar-refractivity contribution in [3.8, 4) is 23.3 Å². The fraction of sp³-hybridized carbons (Fsp3) is 0.222. The van der Waals surface area contributed by atoms with Gasteiger partial charge in [0.05, 0.1) is 37.6 Å². The molecule has 10 nitrogen and oxygen atoms in total. The molecule has 37 heavy (non-hydrogen) atoms. The summed E-state index contributed by atoms with van der Waals surface area (Å²) in [5, 5.41) is 13.6. The Bertz CT molecular complexity index is 1630. The van der Waals surface area contributed by atoms with E-state index in [0.29, 0.717) is 40.5 Å². The zero-order valence-corrected chi connectivity index (χ0v) is 20.5. The average molecular weight is 498 g/mol. The summed E-state index contributed by atoms with van der Waals surface area (Å²) in [6, 6.07) is 11.6. The summed E-state index contributed by atoms with van der Waals surface area (Å²) >= 11 is 0. The van der Waals surface area contributed by atoms with Gasteiger partial charge in [-0.3, -0.25) is 14.0 Å². The molecule has 1 aliphatic rings. The summed E-state index contributed by atoms with van der Waals surface area (Å²) in [5.41, 5.74) is 2.76. The number of methoxy groups -OCH3 is 2. The van der Waals surface area contributed by atoms with Crippen LogP contribution in [0.25, 0.3) is 22.7 Å². The van der Waals surface area contributed by atoms with Gasteiger partial charge < -0.3 is 14.2 Å². The van der Waals surface area contributed by atoms with Crippen LogP contribution >= 0.6 is 0 Å². The molecule has 0 radical (unpaired) electrons. The highest BCUT2D eigenvalue weighted by Crippen LogP contribution is 2.40. The number of nitrogens with zero attached hydrogens (tertiary/aromatic N) is 5. The van der Waals surface area contributed by atoms with Crippen LogP contribution in [-0.2, 0) is 13.6 Å². The number of allylic oxidation sites excluding steroid dienone is 1.